The van der Waals surface area contributed by atoms with Gasteiger partial charge in [-0.25, -0.2) is 4.79 Å². The first-order valence-electron chi connectivity index (χ1n) is 8.30. The van der Waals surface area contributed by atoms with Crippen molar-refractivity contribution in [3.05, 3.63) is 29.3 Å². The number of carbonyl (C=O) groups excluding carboxylic acids is 1. The Labute approximate surface area is 138 Å². The minimum absolute atomic E-state index is 0.0996. The van der Waals surface area contributed by atoms with Gasteiger partial charge in [0.25, 0.3) is 0 Å². The summed E-state index contributed by atoms with van der Waals surface area (Å²) >= 11 is 0. The molecular formula is C17H21F3N2O2. The van der Waals surface area contributed by atoms with Crippen LogP contribution in [-0.4, -0.2) is 34.8 Å². The molecule has 1 aromatic rings. The lowest BCUT2D eigenvalue weighted by atomic mass is 9.91. The number of amides is 2. The van der Waals surface area contributed by atoms with Crippen molar-refractivity contribution >= 4 is 6.03 Å². The Morgan fingerprint density at radius 3 is 2.67 bits per heavy atom. The first-order chi connectivity index (χ1) is 11.3. The predicted octanol–water partition coefficient (Wildman–Crippen LogP) is 3.90. The number of nitrogens with one attached hydrogen (secondary N) is 1. The lowest BCUT2D eigenvalue weighted by Crippen LogP contribution is -2.50. The van der Waals surface area contributed by atoms with Crippen molar-refractivity contribution in [1.29, 1.82) is 0 Å². The summed E-state index contributed by atoms with van der Waals surface area (Å²) in [7, 11) is 0. The second kappa shape index (κ2) is 6.53. The van der Waals surface area contributed by atoms with Crippen LogP contribution in [0.15, 0.2) is 18.2 Å². The number of hydrogen-bond acceptors (Lipinski definition) is 2. The van der Waals surface area contributed by atoms with Gasteiger partial charge >= 0.3 is 12.2 Å². The van der Waals surface area contributed by atoms with Crippen molar-refractivity contribution in [3.63, 3.8) is 0 Å². The Balaban J connectivity index is 1.67. The molecule has 0 radical (unpaired) electrons. The monoisotopic (exact) mass is 342 g/mol. The van der Waals surface area contributed by atoms with Crippen LogP contribution in [0.3, 0.4) is 0 Å². The summed E-state index contributed by atoms with van der Waals surface area (Å²) in [6, 6.07) is 4.37. The fraction of sp³-hybridized carbons (Fsp3) is 0.588. The first-order valence-corrected chi connectivity index (χ1v) is 8.30. The van der Waals surface area contributed by atoms with Crippen molar-refractivity contribution in [2.45, 2.75) is 56.8 Å². The molecule has 1 saturated carbocycles. The van der Waals surface area contributed by atoms with Gasteiger partial charge in [-0.15, -0.1) is 0 Å². The van der Waals surface area contributed by atoms with Gasteiger partial charge in [-0.1, -0.05) is 12.1 Å². The van der Waals surface area contributed by atoms with Crippen molar-refractivity contribution in [3.8, 4) is 5.75 Å². The van der Waals surface area contributed by atoms with Gasteiger partial charge in [-0.2, -0.15) is 13.2 Å². The molecule has 2 N–H and O–H groups in total. The maximum Gasteiger partial charge on any atom is 0.390 e. The van der Waals surface area contributed by atoms with E-state index >= 15 is 0 Å². The van der Waals surface area contributed by atoms with Crippen LogP contribution in [0.4, 0.5) is 18.0 Å². The Morgan fingerprint density at radius 2 is 2.04 bits per heavy atom. The number of phenols is 1. The maximum absolute atomic E-state index is 12.5. The molecule has 0 aromatic heterocycles. The molecule has 0 aliphatic heterocycles. The van der Waals surface area contributed by atoms with Gasteiger partial charge in [0.1, 0.15) is 5.75 Å². The van der Waals surface area contributed by atoms with Gasteiger partial charge in [0.15, 0.2) is 0 Å². The number of rotatable bonds is 4. The molecule has 132 valence electrons. The highest BCUT2D eigenvalue weighted by molar-refractivity contribution is 5.75. The third kappa shape index (κ3) is 3.60. The number of phenolic OH excluding ortho intramolecular Hbond substituents is 1. The van der Waals surface area contributed by atoms with Crippen molar-refractivity contribution in [2.24, 2.45) is 0 Å². The van der Waals surface area contributed by atoms with E-state index in [2.05, 4.69) is 5.32 Å². The second-order valence-corrected chi connectivity index (χ2v) is 6.53. The molecule has 1 atom stereocenters. The standard InChI is InChI=1S/C17H21F3N2O2/c18-17(19,20)9-10-22(11-3-1-4-11)16(24)21-14-8-7-13-12(14)5-2-6-15(13)23/h2,5-6,11,14,23H,1,3-4,7-10H2,(H,21,24). The van der Waals surface area contributed by atoms with Gasteiger partial charge in [0.2, 0.25) is 0 Å². The quantitative estimate of drug-likeness (QED) is 0.872. The molecule has 1 unspecified atom stereocenters. The summed E-state index contributed by atoms with van der Waals surface area (Å²) in [5.41, 5.74) is 1.67. The summed E-state index contributed by atoms with van der Waals surface area (Å²) in [4.78, 5) is 13.9. The highest BCUT2D eigenvalue weighted by atomic mass is 19.4. The fourth-order valence-corrected chi connectivity index (χ4v) is 3.41. The van der Waals surface area contributed by atoms with Crippen molar-refractivity contribution in [2.75, 3.05) is 6.54 Å². The Bertz CT molecular complexity index is 614. The normalized spacial score (nSPS) is 20.4. The van der Waals surface area contributed by atoms with Crippen LogP contribution in [0, 0.1) is 0 Å². The molecule has 0 saturated heterocycles. The Kier molecular flexibility index (Phi) is 4.60. The van der Waals surface area contributed by atoms with E-state index in [0.29, 0.717) is 12.8 Å². The number of aromatic hydroxyl groups is 1. The Hall–Kier alpha value is -1.92. The predicted molar refractivity (Wildman–Crippen MR) is 82.7 cm³/mol. The zero-order chi connectivity index (χ0) is 17.3. The van der Waals surface area contributed by atoms with E-state index < -0.39 is 18.6 Å². The number of fused-ring (bicyclic) bond motifs is 1. The van der Waals surface area contributed by atoms with Crippen LogP contribution in [-0.2, 0) is 6.42 Å². The average molecular weight is 342 g/mol. The molecule has 0 bridgehead atoms. The lowest BCUT2D eigenvalue weighted by molar-refractivity contribution is -0.138. The fourth-order valence-electron chi connectivity index (χ4n) is 3.41. The number of halogens is 3. The Morgan fingerprint density at radius 1 is 1.29 bits per heavy atom. The van der Waals surface area contributed by atoms with E-state index in [-0.39, 0.29) is 24.4 Å². The highest BCUT2D eigenvalue weighted by Crippen LogP contribution is 2.36. The number of alkyl halides is 3. The van der Waals surface area contributed by atoms with Crippen LogP contribution in [0.1, 0.15) is 49.3 Å². The molecule has 0 heterocycles. The summed E-state index contributed by atoms with van der Waals surface area (Å²) in [6.45, 7) is -0.306. The lowest BCUT2D eigenvalue weighted by Gasteiger charge is -2.38. The first kappa shape index (κ1) is 16.9. The average Bonchev–Trinajstić information content (AvgIpc) is 2.85. The number of urea groups is 1. The number of hydrogen-bond donors (Lipinski definition) is 2. The van der Waals surface area contributed by atoms with Crippen LogP contribution in [0.2, 0.25) is 0 Å². The van der Waals surface area contributed by atoms with E-state index in [1.165, 1.54) is 4.90 Å². The van der Waals surface area contributed by atoms with Crippen LogP contribution < -0.4 is 5.32 Å². The zero-order valence-corrected chi connectivity index (χ0v) is 13.3. The molecule has 7 heteroatoms. The van der Waals surface area contributed by atoms with E-state index in [0.717, 1.165) is 30.4 Å². The molecule has 0 spiro atoms. The van der Waals surface area contributed by atoms with Gasteiger partial charge in [-0.3, -0.25) is 0 Å². The third-order valence-electron chi connectivity index (χ3n) is 4.96. The SMILES string of the molecule is O=C(NC1CCc2c(O)cccc21)N(CCC(F)(F)F)C1CCC1. The second-order valence-electron chi connectivity index (χ2n) is 6.53. The highest BCUT2D eigenvalue weighted by Gasteiger charge is 2.35. The maximum atomic E-state index is 12.5. The third-order valence-corrected chi connectivity index (χ3v) is 4.96. The zero-order valence-electron chi connectivity index (χ0n) is 13.3. The van der Waals surface area contributed by atoms with E-state index in [1.54, 1.807) is 12.1 Å². The minimum atomic E-state index is -4.27. The van der Waals surface area contributed by atoms with Gasteiger partial charge in [0, 0.05) is 12.6 Å². The van der Waals surface area contributed by atoms with Gasteiger partial charge in [0.05, 0.1) is 12.5 Å². The van der Waals surface area contributed by atoms with E-state index in [9.17, 15) is 23.1 Å². The van der Waals surface area contributed by atoms with Crippen molar-refractivity contribution < 1.29 is 23.1 Å². The molecule has 2 amide bonds. The molecule has 1 aromatic carbocycles. The van der Waals surface area contributed by atoms with Gasteiger partial charge < -0.3 is 15.3 Å². The molecule has 2 aliphatic carbocycles. The smallest absolute Gasteiger partial charge is 0.390 e. The minimum Gasteiger partial charge on any atom is -0.508 e. The van der Waals surface area contributed by atoms with Gasteiger partial charge in [-0.05, 0) is 49.3 Å². The molecule has 24 heavy (non-hydrogen) atoms. The topological polar surface area (TPSA) is 52.6 Å². The van der Waals surface area contributed by atoms with Crippen molar-refractivity contribution in [1.82, 2.24) is 10.2 Å². The summed E-state index contributed by atoms with van der Waals surface area (Å²) in [5, 5.41) is 12.7. The largest absolute Gasteiger partial charge is 0.508 e. The molecule has 1 fully saturated rings. The molecule has 4 nitrogen and oxygen atoms in total. The van der Waals surface area contributed by atoms with E-state index in [1.807, 2.05) is 6.07 Å². The van der Waals surface area contributed by atoms with Crippen LogP contribution >= 0.6 is 0 Å². The molecular weight excluding hydrogens is 321 g/mol. The summed E-state index contributed by atoms with van der Waals surface area (Å²) in [6.07, 6.45) is -1.50. The van der Waals surface area contributed by atoms with E-state index in [4.69, 9.17) is 0 Å². The van der Waals surface area contributed by atoms with Crippen LogP contribution in [0.25, 0.3) is 0 Å². The molecule has 3 rings (SSSR count). The van der Waals surface area contributed by atoms with Crippen LogP contribution in [0.5, 0.6) is 5.75 Å². The number of benzene rings is 1. The summed E-state index contributed by atoms with van der Waals surface area (Å²) < 4.78 is 37.6. The summed E-state index contributed by atoms with van der Waals surface area (Å²) in [5.74, 6) is 0.206. The number of carbonyl (C=O) groups is 1. The molecule has 2 aliphatic rings. The number of nitrogens with zero attached hydrogens (tertiary/aromatic N) is 1.